The number of hydrogen-bond acceptors (Lipinski definition) is 4. The lowest BCUT2D eigenvalue weighted by atomic mass is 9.86. The number of nitrogens with one attached hydrogen (secondary N) is 2. The first-order chi connectivity index (χ1) is 9.24. The fourth-order valence-corrected chi connectivity index (χ4v) is 2.89. The van der Waals surface area contributed by atoms with Crippen LogP contribution < -0.4 is 11.1 Å². The van der Waals surface area contributed by atoms with Crippen molar-refractivity contribution in [2.24, 2.45) is 5.92 Å². The summed E-state index contributed by atoms with van der Waals surface area (Å²) in [5, 5.41) is 21.4. The molecule has 1 aromatic carbocycles. The molecule has 1 saturated carbocycles. The van der Waals surface area contributed by atoms with Gasteiger partial charge in [0.25, 0.3) is 0 Å². The molecule has 0 radical (unpaired) electrons. The third-order valence-corrected chi connectivity index (χ3v) is 4.00. The molecule has 1 fully saturated rings. The van der Waals surface area contributed by atoms with Gasteiger partial charge in [0.05, 0.1) is 17.8 Å². The van der Waals surface area contributed by atoms with Crippen LogP contribution in [0.25, 0.3) is 10.9 Å². The van der Waals surface area contributed by atoms with E-state index in [0.29, 0.717) is 11.6 Å². The van der Waals surface area contributed by atoms with E-state index in [9.17, 15) is 5.11 Å². The molecule has 5 nitrogen and oxygen atoms in total. The number of H-pyrrole nitrogens is 1. The molecule has 0 amide bonds. The van der Waals surface area contributed by atoms with Crippen molar-refractivity contribution < 1.29 is 5.11 Å². The molecule has 5 N–H and O–H groups in total. The highest BCUT2D eigenvalue weighted by atomic mass is 16.3. The highest BCUT2D eigenvalue weighted by Gasteiger charge is 2.22. The van der Waals surface area contributed by atoms with Crippen LogP contribution in [0.15, 0.2) is 18.3 Å². The number of nitrogens with two attached hydrogens (primary N) is 1. The van der Waals surface area contributed by atoms with Crippen molar-refractivity contribution in [1.29, 1.82) is 0 Å². The molecular weight excluding hydrogens is 240 g/mol. The van der Waals surface area contributed by atoms with Crippen LogP contribution in [0.3, 0.4) is 0 Å². The molecule has 1 aliphatic carbocycles. The van der Waals surface area contributed by atoms with Crippen molar-refractivity contribution >= 4 is 22.3 Å². The van der Waals surface area contributed by atoms with E-state index in [2.05, 4.69) is 15.5 Å². The number of aromatic amines is 1. The van der Waals surface area contributed by atoms with Gasteiger partial charge in [-0.2, -0.15) is 5.10 Å². The molecule has 1 aliphatic rings. The Bertz CT molecular complexity index is 566. The second kappa shape index (κ2) is 5.09. The van der Waals surface area contributed by atoms with E-state index in [1.165, 1.54) is 6.42 Å². The number of benzene rings is 1. The Labute approximate surface area is 112 Å². The van der Waals surface area contributed by atoms with Gasteiger partial charge in [0.1, 0.15) is 0 Å². The first kappa shape index (κ1) is 12.3. The third kappa shape index (κ3) is 2.51. The van der Waals surface area contributed by atoms with Gasteiger partial charge in [-0.25, -0.2) is 0 Å². The summed E-state index contributed by atoms with van der Waals surface area (Å²) in [5.41, 5.74) is 8.52. The van der Waals surface area contributed by atoms with Crippen LogP contribution in [-0.4, -0.2) is 28.0 Å². The zero-order chi connectivity index (χ0) is 13.2. The SMILES string of the molecule is Nc1cc(NC[C@@H]2CCCC[C@H]2O)c2cn[nH]c2c1. The maximum absolute atomic E-state index is 9.99. The predicted molar refractivity (Wildman–Crippen MR) is 77.0 cm³/mol. The maximum atomic E-state index is 9.99. The topological polar surface area (TPSA) is 87.0 Å². The second-order valence-electron chi connectivity index (χ2n) is 5.39. The van der Waals surface area contributed by atoms with Crippen LogP contribution in [0, 0.1) is 5.92 Å². The van der Waals surface area contributed by atoms with Crippen molar-refractivity contribution in [3.05, 3.63) is 18.3 Å². The first-order valence-corrected chi connectivity index (χ1v) is 6.88. The van der Waals surface area contributed by atoms with Gasteiger partial charge in [0, 0.05) is 29.2 Å². The van der Waals surface area contributed by atoms with E-state index in [-0.39, 0.29) is 6.10 Å². The molecule has 3 rings (SSSR count). The second-order valence-corrected chi connectivity index (χ2v) is 5.39. The molecular formula is C14H20N4O. The van der Waals surface area contributed by atoms with Gasteiger partial charge in [0.15, 0.2) is 0 Å². The Morgan fingerprint density at radius 2 is 2.21 bits per heavy atom. The summed E-state index contributed by atoms with van der Waals surface area (Å²) in [7, 11) is 0. The number of hydrogen-bond donors (Lipinski definition) is 4. The number of fused-ring (bicyclic) bond motifs is 1. The van der Waals surface area contributed by atoms with Gasteiger partial charge < -0.3 is 16.2 Å². The van der Waals surface area contributed by atoms with E-state index in [1.54, 1.807) is 6.20 Å². The smallest absolute Gasteiger partial charge is 0.0691 e. The Morgan fingerprint density at radius 3 is 3.05 bits per heavy atom. The fourth-order valence-electron chi connectivity index (χ4n) is 2.89. The van der Waals surface area contributed by atoms with E-state index in [4.69, 9.17) is 5.73 Å². The van der Waals surface area contributed by atoms with Gasteiger partial charge in [-0.05, 0) is 25.0 Å². The van der Waals surface area contributed by atoms with Crippen LogP contribution in [0.5, 0.6) is 0 Å². The molecule has 0 saturated heterocycles. The lowest BCUT2D eigenvalue weighted by Gasteiger charge is -2.28. The minimum Gasteiger partial charge on any atom is -0.399 e. The molecule has 0 bridgehead atoms. The summed E-state index contributed by atoms with van der Waals surface area (Å²) in [6.07, 6.45) is 5.98. The van der Waals surface area contributed by atoms with E-state index in [0.717, 1.165) is 42.4 Å². The monoisotopic (exact) mass is 260 g/mol. The maximum Gasteiger partial charge on any atom is 0.0691 e. The molecule has 19 heavy (non-hydrogen) atoms. The van der Waals surface area contributed by atoms with Gasteiger partial charge >= 0.3 is 0 Å². The third-order valence-electron chi connectivity index (χ3n) is 4.00. The highest BCUT2D eigenvalue weighted by molar-refractivity contribution is 5.93. The molecule has 0 aliphatic heterocycles. The number of anilines is 2. The highest BCUT2D eigenvalue weighted by Crippen LogP contribution is 2.28. The Morgan fingerprint density at radius 1 is 1.37 bits per heavy atom. The lowest BCUT2D eigenvalue weighted by Crippen LogP contribution is -2.30. The number of aliphatic hydroxyl groups excluding tert-OH is 1. The zero-order valence-corrected chi connectivity index (χ0v) is 10.9. The van der Waals surface area contributed by atoms with Crippen LogP contribution in [0.1, 0.15) is 25.7 Å². The van der Waals surface area contributed by atoms with E-state index >= 15 is 0 Å². The number of aromatic nitrogens is 2. The number of aliphatic hydroxyl groups is 1. The molecule has 1 heterocycles. The molecule has 5 heteroatoms. The standard InChI is InChI=1S/C14H20N4O/c15-10-5-12(11-8-17-18-13(11)6-10)16-7-9-3-1-2-4-14(9)19/h5-6,8-9,14,16,19H,1-4,7,15H2,(H,17,18)/t9-,14+/m0/s1. The molecule has 0 spiro atoms. The van der Waals surface area contributed by atoms with E-state index < -0.39 is 0 Å². The Hall–Kier alpha value is -1.75. The van der Waals surface area contributed by atoms with Crippen LogP contribution in [0.4, 0.5) is 11.4 Å². The number of nitrogen functional groups attached to an aromatic ring is 1. The lowest BCUT2D eigenvalue weighted by molar-refractivity contribution is 0.0763. The van der Waals surface area contributed by atoms with Crippen molar-refractivity contribution in [2.75, 3.05) is 17.6 Å². The largest absolute Gasteiger partial charge is 0.399 e. The van der Waals surface area contributed by atoms with Crippen molar-refractivity contribution in [3.8, 4) is 0 Å². The van der Waals surface area contributed by atoms with Crippen molar-refractivity contribution in [1.82, 2.24) is 10.2 Å². The molecule has 2 atom stereocenters. The summed E-state index contributed by atoms with van der Waals surface area (Å²) >= 11 is 0. The predicted octanol–water partition coefficient (Wildman–Crippen LogP) is 2.11. The van der Waals surface area contributed by atoms with Gasteiger partial charge in [0.2, 0.25) is 0 Å². The Kier molecular flexibility index (Phi) is 3.29. The molecule has 102 valence electrons. The fraction of sp³-hybridized carbons (Fsp3) is 0.500. The minimum atomic E-state index is -0.179. The van der Waals surface area contributed by atoms with E-state index in [1.807, 2.05) is 12.1 Å². The van der Waals surface area contributed by atoms with Crippen molar-refractivity contribution in [3.63, 3.8) is 0 Å². The minimum absolute atomic E-state index is 0.179. The summed E-state index contributed by atoms with van der Waals surface area (Å²) in [4.78, 5) is 0. The number of rotatable bonds is 3. The Balaban J connectivity index is 1.75. The average Bonchev–Trinajstić information content (AvgIpc) is 2.85. The number of nitrogens with zero attached hydrogens (tertiary/aromatic N) is 1. The van der Waals surface area contributed by atoms with Crippen LogP contribution >= 0.6 is 0 Å². The van der Waals surface area contributed by atoms with Gasteiger partial charge in [-0.1, -0.05) is 12.8 Å². The van der Waals surface area contributed by atoms with Crippen LogP contribution in [-0.2, 0) is 0 Å². The summed E-state index contributed by atoms with van der Waals surface area (Å²) in [6.45, 7) is 0.783. The molecule has 1 aromatic heterocycles. The van der Waals surface area contributed by atoms with Crippen LogP contribution in [0.2, 0.25) is 0 Å². The average molecular weight is 260 g/mol. The summed E-state index contributed by atoms with van der Waals surface area (Å²) in [6, 6.07) is 3.80. The van der Waals surface area contributed by atoms with Gasteiger partial charge in [-0.15, -0.1) is 0 Å². The quantitative estimate of drug-likeness (QED) is 0.637. The van der Waals surface area contributed by atoms with Gasteiger partial charge in [-0.3, -0.25) is 5.10 Å². The summed E-state index contributed by atoms with van der Waals surface area (Å²) < 4.78 is 0. The van der Waals surface area contributed by atoms with Crippen molar-refractivity contribution in [2.45, 2.75) is 31.8 Å². The zero-order valence-electron chi connectivity index (χ0n) is 10.9. The summed E-state index contributed by atoms with van der Waals surface area (Å²) in [5.74, 6) is 0.331. The molecule has 0 unspecified atom stereocenters. The molecule has 2 aromatic rings. The normalized spacial score (nSPS) is 23.6. The first-order valence-electron chi connectivity index (χ1n) is 6.88.